The number of aryl methyl sites for hydroxylation is 1. The lowest BCUT2D eigenvalue weighted by Crippen LogP contribution is -2.41. The van der Waals surface area contributed by atoms with E-state index in [0.717, 1.165) is 0 Å². The summed E-state index contributed by atoms with van der Waals surface area (Å²) in [5, 5.41) is 0.449. The Morgan fingerprint density at radius 1 is 1.16 bits per heavy atom. The number of halogens is 1. The predicted molar refractivity (Wildman–Crippen MR) is 69.8 cm³/mol. The smallest absolute Gasteiger partial charge is 0.273 e. The molecular weight excluding hydrogens is 268 g/mol. The van der Waals surface area contributed by atoms with Crippen LogP contribution < -0.4 is 10.9 Å². The second-order valence-electron chi connectivity index (χ2n) is 3.81. The normalized spacial score (nSPS) is 10.0. The monoisotopic (exact) mass is 278 g/mol. The summed E-state index contributed by atoms with van der Waals surface area (Å²) < 4.78 is 5.00. The maximum atomic E-state index is 11.7. The van der Waals surface area contributed by atoms with E-state index in [1.165, 1.54) is 18.4 Å². The maximum Gasteiger partial charge on any atom is 0.273 e. The zero-order valence-electron chi connectivity index (χ0n) is 10.1. The van der Waals surface area contributed by atoms with Crippen molar-refractivity contribution in [1.82, 2.24) is 10.9 Å². The van der Waals surface area contributed by atoms with Gasteiger partial charge in [0.1, 0.15) is 5.76 Å². The molecule has 6 heteroatoms. The quantitative estimate of drug-likeness (QED) is 0.828. The molecule has 0 aliphatic carbocycles. The molecular formula is C13H11ClN2O3. The number of furan rings is 1. The topological polar surface area (TPSA) is 71.3 Å². The van der Waals surface area contributed by atoms with Gasteiger partial charge in [0.15, 0.2) is 0 Å². The SMILES string of the molecule is Cc1occc1C(=O)NNC(=O)c1cccc(Cl)c1. The van der Waals surface area contributed by atoms with Gasteiger partial charge < -0.3 is 4.42 Å². The third-order valence-corrected chi connectivity index (χ3v) is 2.71. The summed E-state index contributed by atoms with van der Waals surface area (Å²) in [6, 6.07) is 7.93. The van der Waals surface area contributed by atoms with Gasteiger partial charge in [-0.05, 0) is 31.2 Å². The first-order valence-electron chi connectivity index (χ1n) is 5.48. The molecule has 0 aliphatic rings. The molecule has 5 nitrogen and oxygen atoms in total. The summed E-state index contributed by atoms with van der Waals surface area (Å²) in [5.74, 6) is -0.409. The van der Waals surface area contributed by atoms with Crippen molar-refractivity contribution in [3.05, 3.63) is 58.5 Å². The highest BCUT2D eigenvalue weighted by molar-refractivity contribution is 6.30. The highest BCUT2D eigenvalue weighted by atomic mass is 35.5. The molecule has 0 saturated carbocycles. The van der Waals surface area contributed by atoms with E-state index in [1.807, 2.05) is 0 Å². The number of carbonyl (C=O) groups excluding carboxylic acids is 2. The van der Waals surface area contributed by atoms with Crippen LogP contribution in [0.5, 0.6) is 0 Å². The Morgan fingerprint density at radius 2 is 1.89 bits per heavy atom. The average Bonchev–Trinajstić information content (AvgIpc) is 2.82. The van der Waals surface area contributed by atoms with Crippen LogP contribution in [0, 0.1) is 6.92 Å². The standard InChI is InChI=1S/C13H11ClN2O3/c1-8-11(5-6-19-8)13(18)16-15-12(17)9-3-2-4-10(14)7-9/h2-7H,1H3,(H,15,17)(H,16,18). The molecule has 1 aromatic carbocycles. The van der Waals surface area contributed by atoms with E-state index in [0.29, 0.717) is 21.9 Å². The molecule has 0 radical (unpaired) electrons. The van der Waals surface area contributed by atoms with E-state index in [9.17, 15) is 9.59 Å². The minimum Gasteiger partial charge on any atom is -0.469 e. The lowest BCUT2D eigenvalue weighted by Gasteiger charge is -2.06. The summed E-state index contributed by atoms with van der Waals surface area (Å²) >= 11 is 5.77. The van der Waals surface area contributed by atoms with E-state index in [-0.39, 0.29) is 0 Å². The van der Waals surface area contributed by atoms with Gasteiger partial charge in [-0.2, -0.15) is 0 Å². The Labute approximate surface area is 114 Å². The van der Waals surface area contributed by atoms with Crippen LogP contribution in [0.4, 0.5) is 0 Å². The number of hydrogen-bond acceptors (Lipinski definition) is 3. The number of benzene rings is 1. The third kappa shape index (κ3) is 3.14. The van der Waals surface area contributed by atoms with E-state index in [1.54, 1.807) is 25.1 Å². The second kappa shape index (κ2) is 5.58. The van der Waals surface area contributed by atoms with E-state index < -0.39 is 11.8 Å². The summed E-state index contributed by atoms with van der Waals surface area (Å²) in [4.78, 5) is 23.5. The molecule has 0 spiro atoms. The summed E-state index contributed by atoms with van der Waals surface area (Å²) in [6.07, 6.45) is 1.41. The molecule has 98 valence electrons. The first kappa shape index (κ1) is 13.2. The molecule has 0 unspecified atom stereocenters. The molecule has 1 aromatic heterocycles. The van der Waals surface area contributed by atoms with Gasteiger partial charge in [-0.1, -0.05) is 17.7 Å². The van der Waals surface area contributed by atoms with Crippen molar-refractivity contribution < 1.29 is 14.0 Å². The summed E-state index contributed by atoms with van der Waals surface area (Å²) in [7, 11) is 0. The molecule has 0 fully saturated rings. The molecule has 0 aliphatic heterocycles. The van der Waals surface area contributed by atoms with Crippen LogP contribution in [0.3, 0.4) is 0 Å². The number of nitrogens with one attached hydrogen (secondary N) is 2. The molecule has 1 heterocycles. The van der Waals surface area contributed by atoms with E-state index in [4.69, 9.17) is 16.0 Å². The van der Waals surface area contributed by atoms with Gasteiger partial charge in [0.2, 0.25) is 0 Å². The average molecular weight is 279 g/mol. The Morgan fingerprint density at radius 3 is 2.53 bits per heavy atom. The Bertz CT molecular complexity index is 622. The number of rotatable bonds is 2. The van der Waals surface area contributed by atoms with Crippen LogP contribution in [0.15, 0.2) is 41.0 Å². The minimum atomic E-state index is -0.447. The summed E-state index contributed by atoms with van der Waals surface area (Å²) in [6.45, 7) is 1.66. The summed E-state index contributed by atoms with van der Waals surface area (Å²) in [5.41, 5.74) is 5.33. The Kier molecular flexibility index (Phi) is 3.87. The van der Waals surface area contributed by atoms with E-state index in [2.05, 4.69) is 10.9 Å². The molecule has 2 rings (SSSR count). The van der Waals surface area contributed by atoms with Gasteiger partial charge in [-0.15, -0.1) is 0 Å². The molecule has 2 amide bonds. The molecule has 0 saturated heterocycles. The third-order valence-electron chi connectivity index (χ3n) is 2.48. The number of amides is 2. The van der Waals surface area contributed by atoms with Gasteiger partial charge in [0, 0.05) is 10.6 Å². The van der Waals surface area contributed by atoms with Crippen LogP contribution in [0.2, 0.25) is 5.02 Å². The second-order valence-corrected chi connectivity index (χ2v) is 4.25. The zero-order chi connectivity index (χ0) is 13.8. The predicted octanol–water partition coefficient (Wildman–Crippen LogP) is 2.32. The van der Waals surface area contributed by atoms with Crippen LogP contribution >= 0.6 is 11.6 Å². The highest BCUT2D eigenvalue weighted by Gasteiger charge is 2.12. The van der Waals surface area contributed by atoms with Crippen LogP contribution in [-0.4, -0.2) is 11.8 Å². The van der Waals surface area contributed by atoms with Crippen molar-refractivity contribution in [3.63, 3.8) is 0 Å². The van der Waals surface area contributed by atoms with Gasteiger partial charge in [0.05, 0.1) is 11.8 Å². The molecule has 19 heavy (non-hydrogen) atoms. The lowest BCUT2D eigenvalue weighted by atomic mass is 10.2. The van der Waals surface area contributed by atoms with Gasteiger partial charge >= 0.3 is 0 Å². The molecule has 0 bridgehead atoms. The van der Waals surface area contributed by atoms with Gasteiger partial charge in [-0.3, -0.25) is 20.4 Å². The maximum absolute atomic E-state index is 11.7. The van der Waals surface area contributed by atoms with Crippen molar-refractivity contribution in [2.45, 2.75) is 6.92 Å². The van der Waals surface area contributed by atoms with Crippen molar-refractivity contribution >= 4 is 23.4 Å². The fourth-order valence-corrected chi connectivity index (χ4v) is 1.69. The van der Waals surface area contributed by atoms with Crippen molar-refractivity contribution in [1.29, 1.82) is 0 Å². The van der Waals surface area contributed by atoms with Crippen LogP contribution in [0.1, 0.15) is 26.5 Å². The molecule has 2 aromatic rings. The fourth-order valence-electron chi connectivity index (χ4n) is 1.50. The number of hydrazine groups is 1. The highest BCUT2D eigenvalue weighted by Crippen LogP contribution is 2.10. The van der Waals surface area contributed by atoms with Crippen LogP contribution in [0.25, 0.3) is 0 Å². The largest absolute Gasteiger partial charge is 0.469 e. The first-order chi connectivity index (χ1) is 9.08. The van der Waals surface area contributed by atoms with Crippen LogP contribution in [-0.2, 0) is 0 Å². The zero-order valence-corrected chi connectivity index (χ0v) is 10.8. The molecule has 2 N–H and O–H groups in total. The van der Waals surface area contributed by atoms with Crippen molar-refractivity contribution in [3.8, 4) is 0 Å². The molecule has 0 atom stereocenters. The Hall–Kier alpha value is -2.27. The minimum absolute atomic E-state index is 0.358. The number of carbonyl (C=O) groups is 2. The van der Waals surface area contributed by atoms with E-state index >= 15 is 0 Å². The van der Waals surface area contributed by atoms with Gasteiger partial charge in [-0.25, -0.2) is 0 Å². The van der Waals surface area contributed by atoms with Crippen molar-refractivity contribution in [2.75, 3.05) is 0 Å². The number of hydrogen-bond donors (Lipinski definition) is 2. The Balaban J connectivity index is 1.98. The van der Waals surface area contributed by atoms with Crippen molar-refractivity contribution in [2.24, 2.45) is 0 Å². The lowest BCUT2D eigenvalue weighted by molar-refractivity contribution is 0.0845. The van der Waals surface area contributed by atoms with Gasteiger partial charge in [0.25, 0.3) is 11.8 Å². The fraction of sp³-hybridized carbons (Fsp3) is 0.0769. The first-order valence-corrected chi connectivity index (χ1v) is 5.86.